The molecule has 0 aromatic heterocycles. The lowest BCUT2D eigenvalue weighted by atomic mass is 10.0. The Morgan fingerprint density at radius 2 is 1.48 bits per heavy atom. The van der Waals surface area contributed by atoms with Gasteiger partial charge < -0.3 is 15.1 Å². The van der Waals surface area contributed by atoms with Gasteiger partial charge in [0.15, 0.2) is 0 Å². The van der Waals surface area contributed by atoms with Gasteiger partial charge in [-0.25, -0.2) is 0 Å². The van der Waals surface area contributed by atoms with Crippen molar-refractivity contribution in [2.24, 2.45) is 0 Å². The highest BCUT2D eigenvalue weighted by atomic mass is 16.2. The Kier molecular flexibility index (Phi) is 9.70. The standard InChI is InChI=1S/C26H41N3O2/c1-2-3-4-5-6-7-9-14-25(30)27-22-15-16-24(28-17-10-8-11-18-28)23(21-22)26(31)29-19-12-13-20-29/h15-16,21H,2-14,17-20H2,1H3,(H,27,30). The van der Waals surface area contributed by atoms with E-state index in [0.29, 0.717) is 6.42 Å². The fourth-order valence-corrected chi connectivity index (χ4v) is 4.75. The molecule has 2 saturated heterocycles. The molecule has 1 aromatic carbocycles. The molecule has 5 nitrogen and oxygen atoms in total. The summed E-state index contributed by atoms with van der Waals surface area (Å²) < 4.78 is 0. The number of amides is 2. The molecule has 1 N–H and O–H groups in total. The van der Waals surface area contributed by atoms with Crippen molar-refractivity contribution in [3.8, 4) is 0 Å². The first-order valence-corrected chi connectivity index (χ1v) is 12.7. The van der Waals surface area contributed by atoms with Crippen LogP contribution in [0.25, 0.3) is 0 Å². The first kappa shape index (κ1) is 23.6. The average Bonchev–Trinajstić information content (AvgIpc) is 3.33. The summed E-state index contributed by atoms with van der Waals surface area (Å²) in [5, 5.41) is 3.04. The maximum Gasteiger partial charge on any atom is 0.256 e. The summed E-state index contributed by atoms with van der Waals surface area (Å²) >= 11 is 0. The molecule has 0 aliphatic carbocycles. The molecule has 2 aliphatic rings. The van der Waals surface area contributed by atoms with Crippen LogP contribution in [0.3, 0.4) is 0 Å². The molecule has 5 heteroatoms. The number of benzene rings is 1. The minimum atomic E-state index is 0.0545. The minimum Gasteiger partial charge on any atom is -0.371 e. The average molecular weight is 428 g/mol. The first-order chi connectivity index (χ1) is 15.2. The van der Waals surface area contributed by atoms with Crippen LogP contribution in [0.4, 0.5) is 11.4 Å². The molecule has 2 fully saturated rings. The third-order valence-electron chi connectivity index (χ3n) is 6.61. The van der Waals surface area contributed by atoms with Crippen LogP contribution in [-0.2, 0) is 4.79 Å². The summed E-state index contributed by atoms with van der Waals surface area (Å²) in [5.74, 6) is 0.167. The summed E-state index contributed by atoms with van der Waals surface area (Å²) in [6, 6.07) is 5.92. The molecule has 1 aromatic rings. The van der Waals surface area contributed by atoms with Gasteiger partial charge in [0.1, 0.15) is 0 Å². The fourth-order valence-electron chi connectivity index (χ4n) is 4.75. The molecule has 0 radical (unpaired) electrons. The molecule has 31 heavy (non-hydrogen) atoms. The molecule has 2 aliphatic heterocycles. The van der Waals surface area contributed by atoms with E-state index in [2.05, 4.69) is 17.1 Å². The van der Waals surface area contributed by atoms with Crippen LogP contribution in [0.5, 0.6) is 0 Å². The van der Waals surface area contributed by atoms with Gasteiger partial charge in [-0.1, -0.05) is 45.4 Å². The molecular weight excluding hydrogens is 386 g/mol. The molecule has 2 amide bonds. The van der Waals surface area contributed by atoms with E-state index in [9.17, 15) is 9.59 Å². The number of nitrogens with one attached hydrogen (secondary N) is 1. The Bertz CT molecular complexity index is 707. The van der Waals surface area contributed by atoms with E-state index in [0.717, 1.165) is 68.8 Å². The molecule has 0 unspecified atom stereocenters. The van der Waals surface area contributed by atoms with Gasteiger partial charge in [-0.2, -0.15) is 0 Å². The second-order valence-corrected chi connectivity index (χ2v) is 9.20. The van der Waals surface area contributed by atoms with Crippen molar-refractivity contribution in [2.45, 2.75) is 90.4 Å². The van der Waals surface area contributed by atoms with Crippen molar-refractivity contribution in [1.29, 1.82) is 0 Å². The van der Waals surface area contributed by atoms with Crippen molar-refractivity contribution < 1.29 is 9.59 Å². The minimum absolute atomic E-state index is 0.0545. The molecule has 3 rings (SSSR count). The van der Waals surface area contributed by atoms with Gasteiger partial charge in [0.2, 0.25) is 5.91 Å². The number of anilines is 2. The van der Waals surface area contributed by atoms with Gasteiger partial charge in [-0.15, -0.1) is 0 Å². The molecule has 0 saturated carbocycles. The Labute approximate surface area is 188 Å². The summed E-state index contributed by atoms with van der Waals surface area (Å²) in [7, 11) is 0. The van der Waals surface area contributed by atoms with E-state index in [1.165, 1.54) is 51.4 Å². The number of piperidine rings is 1. The van der Waals surface area contributed by atoms with E-state index < -0.39 is 0 Å². The fraction of sp³-hybridized carbons (Fsp3) is 0.692. The number of likely N-dealkylation sites (tertiary alicyclic amines) is 1. The smallest absolute Gasteiger partial charge is 0.256 e. The van der Waals surface area contributed by atoms with Crippen molar-refractivity contribution in [3.05, 3.63) is 23.8 Å². The van der Waals surface area contributed by atoms with Crippen LogP contribution in [0, 0.1) is 0 Å². The van der Waals surface area contributed by atoms with Crippen molar-refractivity contribution in [2.75, 3.05) is 36.4 Å². The number of carbonyl (C=O) groups excluding carboxylic acids is 2. The first-order valence-electron chi connectivity index (χ1n) is 12.7. The SMILES string of the molecule is CCCCCCCCCC(=O)Nc1ccc(N2CCCCC2)c(C(=O)N2CCCC2)c1. The monoisotopic (exact) mass is 427 g/mol. The highest BCUT2D eigenvalue weighted by molar-refractivity contribution is 6.02. The van der Waals surface area contributed by atoms with Crippen LogP contribution >= 0.6 is 0 Å². The van der Waals surface area contributed by atoms with E-state index in [1.807, 2.05) is 23.1 Å². The van der Waals surface area contributed by atoms with Crippen LogP contribution < -0.4 is 10.2 Å². The number of hydrogen-bond acceptors (Lipinski definition) is 3. The van der Waals surface area contributed by atoms with E-state index >= 15 is 0 Å². The Hall–Kier alpha value is -2.04. The van der Waals surface area contributed by atoms with Crippen LogP contribution in [0.2, 0.25) is 0 Å². The number of hydrogen-bond donors (Lipinski definition) is 1. The zero-order valence-corrected chi connectivity index (χ0v) is 19.5. The molecule has 0 atom stereocenters. The molecule has 2 heterocycles. The van der Waals surface area contributed by atoms with E-state index in [1.54, 1.807) is 0 Å². The third kappa shape index (κ3) is 7.26. The number of nitrogens with zero attached hydrogens (tertiary/aromatic N) is 2. The van der Waals surface area contributed by atoms with E-state index in [4.69, 9.17) is 0 Å². The second-order valence-electron chi connectivity index (χ2n) is 9.20. The summed E-state index contributed by atoms with van der Waals surface area (Å²) in [5.41, 5.74) is 2.52. The van der Waals surface area contributed by atoms with Gasteiger partial charge in [0.05, 0.1) is 5.56 Å². The van der Waals surface area contributed by atoms with Gasteiger partial charge in [-0.05, 0) is 56.7 Å². The molecule has 172 valence electrons. The summed E-state index contributed by atoms with van der Waals surface area (Å²) in [6.07, 6.45) is 14.7. The maximum atomic E-state index is 13.3. The summed E-state index contributed by atoms with van der Waals surface area (Å²) in [4.78, 5) is 30.0. The lowest BCUT2D eigenvalue weighted by Gasteiger charge is -2.31. The van der Waals surface area contributed by atoms with Crippen molar-refractivity contribution in [1.82, 2.24) is 4.90 Å². The topological polar surface area (TPSA) is 52.7 Å². The molecule has 0 bridgehead atoms. The van der Waals surface area contributed by atoms with E-state index in [-0.39, 0.29) is 11.8 Å². The predicted octanol–water partition coefficient (Wildman–Crippen LogP) is 5.99. The summed E-state index contributed by atoms with van der Waals surface area (Å²) in [6.45, 7) is 5.92. The Morgan fingerprint density at radius 1 is 0.839 bits per heavy atom. The lowest BCUT2D eigenvalue weighted by molar-refractivity contribution is -0.116. The lowest BCUT2D eigenvalue weighted by Crippen LogP contribution is -2.34. The molecule has 0 spiro atoms. The largest absolute Gasteiger partial charge is 0.371 e. The predicted molar refractivity (Wildman–Crippen MR) is 129 cm³/mol. The Balaban J connectivity index is 1.59. The number of rotatable bonds is 11. The Morgan fingerprint density at radius 3 is 2.19 bits per heavy atom. The normalized spacial score (nSPS) is 16.5. The van der Waals surface area contributed by atoms with Crippen molar-refractivity contribution in [3.63, 3.8) is 0 Å². The van der Waals surface area contributed by atoms with Crippen molar-refractivity contribution >= 4 is 23.2 Å². The third-order valence-corrected chi connectivity index (χ3v) is 6.61. The molecular formula is C26H41N3O2. The quantitative estimate of drug-likeness (QED) is 0.441. The van der Waals surface area contributed by atoms with Gasteiger partial charge in [0, 0.05) is 44.0 Å². The zero-order chi connectivity index (χ0) is 21.9. The van der Waals surface area contributed by atoms with Gasteiger partial charge in [0.25, 0.3) is 5.91 Å². The second kappa shape index (κ2) is 12.7. The highest BCUT2D eigenvalue weighted by Gasteiger charge is 2.25. The van der Waals surface area contributed by atoms with Crippen LogP contribution in [0.1, 0.15) is 101 Å². The number of carbonyl (C=O) groups is 2. The van der Waals surface area contributed by atoms with Gasteiger partial charge in [-0.3, -0.25) is 9.59 Å². The van der Waals surface area contributed by atoms with Crippen LogP contribution in [0.15, 0.2) is 18.2 Å². The van der Waals surface area contributed by atoms with Gasteiger partial charge >= 0.3 is 0 Å². The number of unbranched alkanes of at least 4 members (excludes halogenated alkanes) is 6. The highest BCUT2D eigenvalue weighted by Crippen LogP contribution is 2.29. The maximum absolute atomic E-state index is 13.3. The van der Waals surface area contributed by atoms with Crippen LogP contribution in [-0.4, -0.2) is 42.9 Å². The zero-order valence-electron chi connectivity index (χ0n) is 19.5.